The summed E-state index contributed by atoms with van der Waals surface area (Å²) in [6.45, 7) is 5.13. The molecule has 0 saturated carbocycles. The van der Waals surface area contributed by atoms with Gasteiger partial charge in [0.05, 0.1) is 10.6 Å². The van der Waals surface area contributed by atoms with E-state index in [1.807, 2.05) is 20.1 Å². The Morgan fingerprint density at radius 3 is 2.45 bits per heavy atom. The van der Waals surface area contributed by atoms with E-state index in [0.29, 0.717) is 30.1 Å². The summed E-state index contributed by atoms with van der Waals surface area (Å²) in [6.07, 6.45) is 2.58. The van der Waals surface area contributed by atoms with Gasteiger partial charge in [-0.15, -0.1) is 0 Å². The topological polar surface area (TPSA) is 49.4 Å². The normalized spacial score (nSPS) is 11.8. The molecule has 0 aliphatic heterocycles. The van der Waals surface area contributed by atoms with Gasteiger partial charge in [0.1, 0.15) is 6.04 Å². The zero-order valence-corrected chi connectivity index (χ0v) is 14.8. The second-order valence-corrected chi connectivity index (χ2v) is 6.19. The fourth-order valence-corrected chi connectivity index (χ4v) is 2.82. The SMILES string of the molecule is CCN(CC)C(=O)C(CCSC)NC(=O)c1ccccc1Cl. The minimum absolute atomic E-state index is 0.0422. The highest BCUT2D eigenvalue weighted by Gasteiger charge is 2.25. The minimum atomic E-state index is -0.517. The zero-order chi connectivity index (χ0) is 16.5. The molecule has 0 fully saturated rings. The molecule has 0 aliphatic rings. The maximum atomic E-state index is 12.5. The van der Waals surface area contributed by atoms with E-state index >= 15 is 0 Å². The smallest absolute Gasteiger partial charge is 0.253 e. The number of amides is 2. The van der Waals surface area contributed by atoms with E-state index in [4.69, 9.17) is 11.6 Å². The molecule has 4 nitrogen and oxygen atoms in total. The van der Waals surface area contributed by atoms with Crippen LogP contribution in [0.15, 0.2) is 24.3 Å². The summed E-state index contributed by atoms with van der Waals surface area (Å²) in [5, 5.41) is 3.22. The Labute approximate surface area is 141 Å². The monoisotopic (exact) mass is 342 g/mol. The molecule has 122 valence electrons. The number of halogens is 1. The molecular formula is C16H23ClN2O2S. The van der Waals surface area contributed by atoms with Gasteiger partial charge in [-0.3, -0.25) is 9.59 Å². The first-order valence-corrected chi connectivity index (χ1v) is 9.15. The van der Waals surface area contributed by atoms with E-state index in [9.17, 15) is 9.59 Å². The Balaban J connectivity index is 2.86. The number of carbonyl (C=O) groups excluding carboxylic acids is 2. The summed E-state index contributed by atoms with van der Waals surface area (Å²) in [5.41, 5.74) is 0.394. The van der Waals surface area contributed by atoms with Gasteiger partial charge in [-0.1, -0.05) is 23.7 Å². The quantitative estimate of drug-likeness (QED) is 0.790. The van der Waals surface area contributed by atoms with Crippen molar-refractivity contribution in [3.8, 4) is 0 Å². The molecule has 1 unspecified atom stereocenters. The number of nitrogens with one attached hydrogen (secondary N) is 1. The summed E-state index contributed by atoms with van der Waals surface area (Å²) in [7, 11) is 0. The van der Waals surface area contributed by atoms with Crippen molar-refractivity contribution in [1.82, 2.24) is 10.2 Å². The van der Waals surface area contributed by atoms with Crippen LogP contribution in [0, 0.1) is 0 Å². The van der Waals surface area contributed by atoms with Crippen LogP contribution in [0.1, 0.15) is 30.6 Å². The van der Waals surface area contributed by atoms with Crippen molar-refractivity contribution >= 4 is 35.2 Å². The fraction of sp³-hybridized carbons (Fsp3) is 0.500. The summed E-state index contributed by atoms with van der Waals surface area (Å²) < 4.78 is 0. The third-order valence-electron chi connectivity index (χ3n) is 3.41. The molecule has 1 aromatic carbocycles. The van der Waals surface area contributed by atoms with E-state index in [-0.39, 0.29) is 11.8 Å². The predicted octanol–water partition coefficient (Wildman–Crippen LogP) is 3.06. The average Bonchev–Trinajstić information content (AvgIpc) is 2.52. The van der Waals surface area contributed by atoms with Gasteiger partial charge in [0, 0.05) is 13.1 Å². The number of carbonyl (C=O) groups is 2. The summed E-state index contributed by atoms with van der Waals surface area (Å²) in [5.74, 6) is 0.456. The lowest BCUT2D eigenvalue weighted by atomic mass is 10.1. The Hall–Kier alpha value is -1.20. The number of likely N-dealkylation sites (N-methyl/N-ethyl adjacent to an activating group) is 1. The van der Waals surface area contributed by atoms with Gasteiger partial charge in [-0.25, -0.2) is 0 Å². The zero-order valence-electron chi connectivity index (χ0n) is 13.3. The largest absolute Gasteiger partial charge is 0.341 e. The van der Waals surface area contributed by atoms with E-state index in [1.54, 1.807) is 40.9 Å². The van der Waals surface area contributed by atoms with Crippen LogP contribution in [0.2, 0.25) is 5.02 Å². The van der Waals surface area contributed by atoms with Gasteiger partial charge in [0.15, 0.2) is 0 Å². The lowest BCUT2D eigenvalue weighted by Gasteiger charge is -2.26. The van der Waals surface area contributed by atoms with Gasteiger partial charge >= 0.3 is 0 Å². The molecule has 0 radical (unpaired) electrons. The molecule has 1 rings (SSSR count). The number of thioether (sulfide) groups is 1. The van der Waals surface area contributed by atoms with Crippen LogP contribution in [-0.4, -0.2) is 47.9 Å². The minimum Gasteiger partial charge on any atom is -0.341 e. The van der Waals surface area contributed by atoms with Crippen molar-refractivity contribution < 1.29 is 9.59 Å². The van der Waals surface area contributed by atoms with Crippen molar-refractivity contribution in [2.24, 2.45) is 0 Å². The summed E-state index contributed by atoms with van der Waals surface area (Å²) >= 11 is 7.70. The molecule has 1 atom stereocenters. The second-order valence-electron chi connectivity index (χ2n) is 4.80. The number of rotatable bonds is 8. The van der Waals surface area contributed by atoms with Crippen LogP contribution in [0.25, 0.3) is 0 Å². The first kappa shape index (κ1) is 18.8. The molecule has 0 aliphatic carbocycles. The lowest BCUT2D eigenvalue weighted by molar-refractivity contribution is -0.132. The van der Waals surface area contributed by atoms with Crippen molar-refractivity contribution in [2.45, 2.75) is 26.3 Å². The highest BCUT2D eigenvalue weighted by Crippen LogP contribution is 2.15. The Morgan fingerprint density at radius 2 is 1.91 bits per heavy atom. The molecule has 22 heavy (non-hydrogen) atoms. The maximum absolute atomic E-state index is 12.5. The number of nitrogens with zero attached hydrogens (tertiary/aromatic N) is 1. The Kier molecular flexibility index (Phi) is 8.35. The van der Waals surface area contributed by atoms with Gasteiger partial charge in [-0.05, 0) is 44.4 Å². The average molecular weight is 343 g/mol. The van der Waals surface area contributed by atoms with Crippen molar-refractivity contribution in [2.75, 3.05) is 25.1 Å². The van der Waals surface area contributed by atoms with E-state index < -0.39 is 6.04 Å². The third kappa shape index (κ3) is 5.21. The Bertz CT molecular complexity index is 507. The molecule has 0 aromatic heterocycles. The molecule has 1 aromatic rings. The molecule has 1 N–H and O–H groups in total. The summed E-state index contributed by atoms with van der Waals surface area (Å²) in [6, 6.07) is 6.33. The molecule has 0 bridgehead atoms. The maximum Gasteiger partial charge on any atom is 0.253 e. The standard InChI is InChI=1S/C16H23ClN2O2S/c1-4-19(5-2)16(21)14(10-11-22-3)18-15(20)12-8-6-7-9-13(12)17/h6-9,14H,4-5,10-11H2,1-3H3,(H,18,20). The van der Waals surface area contributed by atoms with Crippen molar-refractivity contribution in [1.29, 1.82) is 0 Å². The first-order valence-electron chi connectivity index (χ1n) is 7.38. The van der Waals surface area contributed by atoms with Crippen LogP contribution in [0.4, 0.5) is 0 Å². The molecule has 0 spiro atoms. The second kappa shape index (κ2) is 9.74. The van der Waals surface area contributed by atoms with Crippen LogP contribution in [-0.2, 0) is 4.79 Å². The van der Waals surface area contributed by atoms with Gasteiger partial charge in [0.25, 0.3) is 5.91 Å². The number of hydrogen-bond acceptors (Lipinski definition) is 3. The van der Waals surface area contributed by atoms with Crippen LogP contribution < -0.4 is 5.32 Å². The van der Waals surface area contributed by atoms with Crippen LogP contribution >= 0.6 is 23.4 Å². The molecule has 6 heteroatoms. The number of hydrogen-bond donors (Lipinski definition) is 1. The van der Waals surface area contributed by atoms with E-state index in [1.165, 1.54) is 0 Å². The van der Waals surface area contributed by atoms with E-state index in [0.717, 1.165) is 5.75 Å². The fourth-order valence-electron chi connectivity index (χ4n) is 2.13. The molecule has 2 amide bonds. The van der Waals surface area contributed by atoms with Crippen LogP contribution in [0.3, 0.4) is 0 Å². The van der Waals surface area contributed by atoms with Crippen molar-refractivity contribution in [3.63, 3.8) is 0 Å². The van der Waals surface area contributed by atoms with Crippen LogP contribution in [0.5, 0.6) is 0 Å². The molecule has 0 heterocycles. The lowest BCUT2D eigenvalue weighted by Crippen LogP contribution is -2.48. The third-order valence-corrected chi connectivity index (χ3v) is 4.38. The predicted molar refractivity (Wildman–Crippen MR) is 93.6 cm³/mol. The van der Waals surface area contributed by atoms with Gasteiger partial charge in [-0.2, -0.15) is 11.8 Å². The molecule has 0 saturated heterocycles. The van der Waals surface area contributed by atoms with Gasteiger partial charge in [0.2, 0.25) is 5.91 Å². The molecular weight excluding hydrogens is 320 g/mol. The summed E-state index contributed by atoms with van der Waals surface area (Å²) in [4.78, 5) is 26.6. The number of benzene rings is 1. The van der Waals surface area contributed by atoms with Gasteiger partial charge < -0.3 is 10.2 Å². The highest BCUT2D eigenvalue weighted by atomic mass is 35.5. The Morgan fingerprint density at radius 1 is 1.27 bits per heavy atom. The van der Waals surface area contributed by atoms with Crippen molar-refractivity contribution in [3.05, 3.63) is 34.9 Å². The van der Waals surface area contributed by atoms with E-state index in [2.05, 4.69) is 5.32 Å². The highest BCUT2D eigenvalue weighted by molar-refractivity contribution is 7.98. The first-order chi connectivity index (χ1) is 10.5.